The highest BCUT2D eigenvalue weighted by molar-refractivity contribution is 5.93. The number of hydrogen-bond donors (Lipinski definition) is 0. The summed E-state index contributed by atoms with van der Waals surface area (Å²) in [5, 5.41) is 0. The molecule has 0 aliphatic heterocycles. The predicted molar refractivity (Wildman–Crippen MR) is 65.5 cm³/mol. The smallest absolute Gasteiger partial charge is 0.337 e. The predicted octanol–water partition coefficient (Wildman–Crippen LogP) is 1.86. The fourth-order valence-corrected chi connectivity index (χ4v) is 0.978. The van der Waals surface area contributed by atoms with E-state index in [2.05, 4.69) is 9.47 Å². The van der Waals surface area contributed by atoms with Gasteiger partial charge in [-0.2, -0.15) is 0 Å². The van der Waals surface area contributed by atoms with E-state index < -0.39 is 11.9 Å². The first-order chi connectivity index (χ1) is 8.42. The Hall–Kier alpha value is -2.17. The number of Topliss-reactive ketones (excluding diaryl/α,β-unsaturated/α-hetero) is 1. The summed E-state index contributed by atoms with van der Waals surface area (Å²) in [4.78, 5) is 31.5. The SMILES string of the molecule is CC(C)=O.COC(=O)c1ccc(C(=O)OC)cc1. The van der Waals surface area contributed by atoms with Gasteiger partial charge in [0.2, 0.25) is 0 Å². The molecule has 0 unspecified atom stereocenters. The minimum atomic E-state index is -0.429. The monoisotopic (exact) mass is 252 g/mol. The van der Waals surface area contributed by atoms with Gasteiger partial charge in [0.1, 0.15) is 5.78 Å². The van der Waals surface area contributed by atoms with E-state index >= 15 is 0 Å². The first kappa shape index (κ1) is 15.8. The molecule has 1 aromatic rings. The van der Waals surface area contributed by atoms with Crippen LogP contribution in [0.1, 0.15) is 34.6 Å². The summed E-state index contributed by atoms with van der Waals surface area (Å²) in [6.07, 6.45) is 0. The molecule has 0 aromatic heterocycles. The molecule has 98 valence electrons. The number of carbonyl (C=O) groups is 3. The third kappa shape index (κ3) is 5.79. The fourth-order valence-electron chi connectivity index (χ4n) is 0.978. The molecule has 0 radical (unpaired) electrons. The van der Waals surface area contributed by atoms with Gasteiger partial charge in [0.05, 0.1) is 25.3 Å². The van der Waals surface area contributed by atoms with E-state index in [-0.39, 0.29) is 5.78 Å². The van der Waals surface area contributed by atoms with Crippen molar-refractivity contribution in [3.8, 4) is 0 Å². The Bertz CT molecular complexity index is 381. The lowest BCUT2D eigenvalue weighted by atomic mass is 10.1. The molecule has 18 heavy (non-hydrogen) atoms. The molecular weight excluding hydrogens is 236 g/mol. The van der Waals surface area contributed by atoms with Crippen molar-refractivity contribution in [2.24, 2.45) is 0 Å². The second-order valence-electron chi connectivity index (χ2n) is 3.47. The van der Waals surface area contributed by atoms with Crippen LogP contribution in [0.15, 0.2) is 24.3 Å². The van der Waals surface area contributed by atoms with Crippen LogP contribution in [-0.2, 0) is 14.3 Å². The molecule has 0 heterocycles. The molecule has 0 aliphatic rings. The van der Waals surface area contributed by atoms with Crippen LogP contribution in [0.4, 0.5) is 0 Å². The van der Waals surface area contributed by atoms with Crippen molar-refractivity contribution in [3.05, 3.63) is 35.4 Å². The maximum absolute atomic E-state index is 11.0. The molecule has 1 aromatic carbocycles. The molecule has 0 fully saturated rings. The van der Waals surface area contributed by atoms with Gasteiger partial charge in [0.15, 0.2) is 0 Å². The number of ether oxygens (including phenoxy) is 2. The average molecular weight is 252 g/mol. The Kier molecular flexibility index (Phi) is 7.04. The van der Waals surface area contributed by atoms with Gasteiger partial charge in [-0.1, -0.05) is 0 Å². The number of ketones is 1. The van der Waals surface area contributed by atoms with Gasteiger partial charge in [0.25, 0.3) is 0 Å². The third-order valence-corrected chi connectivity index (χ3v) is 1.73. The molecular formula is C13H16O5. The van der Waals surface area contributed by atoms with E-state index in [4.69, 9.17) is 0 Å². The van der Waals surface area contributed by atoms with Crippen LogP contribution in [0, 0.1) is 0 Å². The number of esters is 2. The minimum absolute atomic E-state index is 0.167. The van der Waals surface area contributed by atoms with Crippen LogP contribution in [0.5, 0.6) is 0 Å². The quantitative estimate of drug-likeness (QED) is 0.751. The average Bonchev–Trinajstić information content (AvgIpc) is 2.36. The van der Waals surface area contributed by atoms with Crippen LogP contribution >= 0.6 is 0 Å². The van der Waals surface area contributed by atoms with Crippen molar-refractivity contribution < 1.29 is 23.9 Å². The molecule has 0 atom stereocenters. The highest BCUT2D eigenvalue weighted by Gasteiger charge is 2.08. The third-order valence-electron chi connectivity index (χ3n) is 1.73. The lowest BCUT2D eigenvalue weighted by molar-refractivity contribution is -0.115. The lowest BCUT2D eigenvalue weighted by Crippen LogP contribution is -2.04. The second kappa shape index (κ2) is 8.00. The summed E-state index contributed by atoms with van der Waals surface area (Å²) in [6.45, 7) is 3.06. The number of benzene rings is 1. The molecule has 0 saturated heterocycles. The van der Waals surface area contributed by atoms with E-state index in [0.717, 1.165) is 0 Å². The first-order valence-corrected chi connectivity index (χ1v) is 5.16. The fraction of sp³-hybridized carbons (Fsp3) is 0.308. The minimum Gasteiger partial charge on any atom is -0.465 e. The lowest BCUT2D eigenvalue weighted by Gasteiger charge is -2.00. The number of methoxy groups -OCH3 is 2. The standard InChI is InChI=1S/C10H10O4.C3H6O/c1-13-9(11)7-3-5-8(6-4-7)10(12)14-2;1-3(2)4/h3-6H,1-2H3;1-2H3. The van der Waals surface area contributed by atoms with Crippen molar-refractivity contribution in [1.82, 2.24) is 0 Å². The normalized spacial score (nSPS) is 8.67. The largest absolute Gasteiger partial charge is 0.465 e. The number of hydrogen-bond acceptors (Lipinski definition) is 5. The summed E-state index contributed by atoms with van der Waals surface area (Å²) in [5.74, 6) is -0.692. The Morgan fingerprint density at radius 1 is 0.778 bits per heavy atom. The van der Waals surface area contributed by atoms with E-state index in [0.29, 0.717) is 11.1 Å². The Morgan fingerprint density at radius 3 is 1.17 bits per heavy atom. The number of carbonyl (C=O) groups excluding carboxylic acids is 3. The molecule has 0 aliphatic carbocycles. The summed E-state index contributed by atoms with van der Waals surface area (Å²) in [7, 11) is 2.60. The molecule has 0 spiro atoms. The van der Waals surface area contributed by atoms with Gasteiger partial charge in [-0.25, -0.2) is 9.59 Å². The van der Waals surface area contributed by atoms with E-state index in [1.807, 2.05) is 0 Å². The van der Waals surface area contributed by atoms with E-state index in [1.165, 1.54) is 52.3 Å². The van der Waals surface area contributed by atoms with Crippen molar-refractivity contribution in [1.29, 1.82) is 0 Å². The zero-order chi connectivity index (χ0) is 14.1. The second-order valence-corrected chi connectivity index (χ2v) is 3.47. The van der Waals surface area contributed by atoms with Crippen molar-refractivity contribution in [2.75, 3.05) is 14.2 Å². The molecule has 0 bridgehead atoms. The van der Waals surface area contributed by atoms with Crippen molar-refractivity contribution >= 4 is 17.7 Å². The summed E-state index contributed by atoms with van der Waals surface area (Å²) in [6, 6.07) is 6.05. The van der Waals surface area contributed by atoms with E-state index in [9.17, 15) is 14.4 Å². The van der Waals surface area contributed by atoms with Gasteiger partial charge < -0.3 is 14.3 Å². The summed E-state index contributed by atoms with van der Waals surface area (Å²) < 4.78 is 9.02. The highest BCUT2D eigenvalue weighted by atomic mass is 16.5. The summed E-state index contributed by atoms with van der Waals surface area (Å²) >= 11 is 0. The molecule has 5 nitrogen and oxygen atoms in total. The molecule has 5 heteroatoms. The van der Waals surface area contributed by atoms with Crippen LogP contribution in [0.2, 0.25) is 0 Å². The summed E-state index contributed by atoms with van der Waals surface area (Å²) in [5.41, 5.74) is 0.806. The van der Waals surface area contributed by atoms with Crippen LogP contribution in [0.3, 0.4) is 0 Å². The van der Waals surface area contributed by atoms with Gasteiger partial charge in [-0.05, 0) is 38.1 Å². The topological polar surface area (TPSA) is 69.7 Å². The first-order valence-electron chi connectivity index (χ1n) is 5.16. The Labute approximate surface area is 106 Å². The molecule has 0 saturated carbocycles. The Balaban J connectivity index is 0.000000631. The molecule has 0 N–H and O–H groups in total. The van der Waals surface area contributed by atoms with Crippen molar-refractivity contribution in [3.63, 3.8) is 0 Å². The van der Waals surface area contributed by atoms with E-state index in [1.54, 1.807) is 0 Å². The maximum Gasteiger partial charge on any atom is 0.337 e. The number of rotatable bonds is 2. The molecule has 0 amide bonds. The van der Waals surface area contributed by atoms with Crippen LogP contribution in [0.25, 0.3) is 0 Å². The zero-order valence-electron chi connectivity index (χ0n) is 10.9. The van der Waals surface area contributed by atoms with Gasteiger partial charge in [0, 0.05) is 0 Å². The maximum atomic E-state index is 11.0. The van der Waals surface area contributed by atoms with Crippen molar-refractivity contribution in [2.45, 2.75) is 13.8 Å². The van der Waals surface area contributed by atoms with Gasteiger partial charge in [-0.15, -0.1) is 0 Å². The molecule has 1 rings (SSSR count). The van der Waals surface area contributed by atoms with Gasteiger partial charge >= 0.3 is 11.9 Å². The Morgan fingerprint density at radius 2 is 1.00 bits per heavy atom. The zero-order valence-corrected chi connectivity index (χ0v) is 10.9. The van der Waals surface area contributed by atoms with Crippen LogP contribution < -0.4 is 0 Å². The highest BCUT2D eigenvalue weighted by Crippen LogP contribution is 2.06. The van der Waals surface area contributed by atoms with Gasteiger partial charge in [-0.3, -0.25) is 0 Å². The van der Waals surface area contributed by atoms with Crippen LogP contribution in [-0.4, -0.2) is 31.9 Å².